The number of rotatable bonds is 3. The van der Waals surface area contributed by atoms with Gasteiger partial charge in [0.15, 0.2) is 12.0 Å². The minimum Gasteiger partial charge on any atom is -0.422 e. The largest absolute Gasteiger partial charge is 0.422 e. The summed E-state index contributed by atoms with van der Waals surface area (Å²) in [6.45, 7) is 1.83. The Morgan fingerprint density at radius 1 is 1.25 bits per heavy atom. The van der Waals surface area contributed by atoms with Crippen LogP contribution in [0.4, 0.5) is 0 Å². The van der Waals surface area contributed by atoms with Crippen LogP contribution in [0.1, 0.15) is 16.1 Å². The van der Waals surface area contributed by atoms with Crippen LogP contribution in [0.3, 0.4) is 0 Å². The van der Waals surface area contributed by atoms with Crippen molar-refractivity contribution < 1.29 is 9.53 Å². The number of pyridine rings is 1. The third kappa shape index (κ3) is 2.20. The SMILES string of the molecule is Cc1ncccc1Oc1ncc(C=O)cn1. The molecule has 5 nitrogen and oxygen atoms in total. The molecule has 0 saturated heterocycles. The highest BCUT2D eigenvalue weighted by molar-refractivity contribution is 5.73. The number of aryl methyl sites for hydroxylation is 1. The number of carbonyl (C=O) groups excluding carboxylic acids is 1. The Bertz CT molecular complexity index is 497. The van der Waals surface area contributed by atoms with Crippen LogP contribution in [0, 0.1) is 6.92 Å². The number of hydrogen-bond donors (Lipinski definition) is 0. The van der Waals surface area contributed by atoms with Gasteiger partial charge in [0.1, 0.15) is 0 Å². The fraction of sp³-hybridized carbons (Fsp3) is 0.0909. The lowest BCUT2D eigenvalue weighted by Crippen LogP contribution is -1.95. The number of aldehydes is 1. The van der Waals surface area contributed by atoms with Gasteiger partial charge in [-0.25, -0.2) is 9.97 Å². The molecule has 2 rings (SSSR count). The Kier molecular flexibility index (Phi) is 2.86. The van der Waals surface area contributed by atoms with E-state index in [4.69, 9.17) is 4.74 Å². The minimum atomic E-state index is 0.196. The highest BCUT2D eigenvalue weighted by atomic mass is 16.5. The predicted octanol–water partition coefficient (Wildman–Crippen LogP) is 1.78. The van der Waals surface area contributed by atoms with Crippen molar-refractivity contribution >= 4 is 6.29 Å². The van der Waals surface area contributed by atoms with Crippen molar-refractivity contribution in [3.8, 4) is 11.8 Å². The van der Waals surface area contributed by atoms with Crippen LogP contribution < -0.4 is 4.74 Å². The molecule has 0 saturated carbocycles. The molecule has 0 aliphatic rings. The first kappa shape index (κ1) is 10.2. The summed E-state index contributed by atoms with van der Waals surface area (Å²) in [6.07, 6.45) is 5.17. The molecule has 5 heteroatoms. The fourth-order valence-corrected chi connectivity index (χ4v) is 1.12. The van der Waals surface area contributed by atoms with Crippen molar-refractivity contribution in [1.29, 1.82) is 0 Å². The number of nitrogens with zero attached hydrogens (tertiary/aromatic N) is 3. The van der Waals surface area contributed by atoms with Gasteiger partial charge in [-0.3, -0.25) is 9.78 Å². The van der Waals surface area contributed by atoms with E-state index in [1.165, 1.54) is 12.4 Å². The maximum Gasteiger partial charge on any atom is 0.321 e. The molecule has 0 amide bonds. The van der Waals surface area contributed by atoms with E-state index in [9.17, 15) is 4.79 Å². The normalized spacial score (nSPS) is 9.81. The Hall–Kier alpha value is -2.30. The van der Waals surface area contributed by atoms with Gasteiger partial charge >= 0.3 is 6.01 Å². The Labute approximate surface area is 92.2 Å². The summed E-state index contributed by atoms with van der Waals surface area (Å²) in [6, 6.07) is 3.74. The molecule has 0 spiro atoms. The van der Waals surface area contributed by atoms with E-state index >= 15 is 0 Å². The van der Waals surface area contributed by atoms with Crippen molar-refractivity contribution in [3.05, 3.63) is 42.0 Å². The van der Waals surface area contributed by atoms with Crippen molar-refractivity contribution in [2.45, 2.75) is 6.92 Å². The van der Waals surface area contributed by atoms with Crippen LogP contribution in [0.25, 0.3) is 0 Å². The van der Waals surface area contributed by atoms with Gasteiger partial charge in [-0.1, -0.05) is 0 Å². The third-order valence-electron chi connectivity index (χ3n) is 1.94. The van der Waals surface area contributed by atoms with E-state index in [0.29, 0.717) is 17.6 Å². The number of carbonyl (C=O) groups is 1. The molecule has 0 fully saturated rings. The second-order valence-corrected chi connectivity index (χ2v) is 3.11. The zero-order valence-corrected chi connectivity index (χ0v) is 8.62. The highest BCUT2D eigenvalue weighted by Gasteiger charge is 2.03. The lowest BCUT2D eigenvalue weighted by Gasteiger charge is -2.04. The molecule has 2 aromatic rings. The molecule has 0 N–H and O–H groups in total. The van der Waals surface area contributed by atoms with Crippen molar-refractivity contribution in [1.82, 2.24) is 15.0 Å². The maximum absolute atomic E-state index is 10.4. The van der Waals surface area contributed by atoms with Gasteiger partial charge in [-0.15, -0.1) is 0 Å². The van der Waals surface area contributed by atoms with Crippen LogP contribution in [-0.4, -0.2) is 21.2 Å². The molecule has 0 atom stereocenters. The van der Waals surface area contributed by atoms with Gasteiger partial charge < -0.3 is 4.74 Å². The average Bonchev–Trinajstić information content (AvgIpc) is 2.33. The van der Waals surface area contributed by atoms with E-state index in [0.717, 1.165) is 5.69 Å². The molecule has 0 bridgehead atoms. The minimum absolute atomic E-state index is 0.196. The van der Waals surface area contributed by atoms with Gasteiger partial charge in [-0.2, -0.15) is 0 Å². The summed E-state index contributed by atoms with van der Waals surface area (Å²) in [5, 5.41) is 0. The van der Waals surface area contributed by atoms with Crippen LogP contribution >= 0.6 is 0 Å². The fourth-order valence-electron chi connectivity index (χ4n) is 1.12. The summed E-state index contributed by atoms with van der Waals surface area (Å²) in [4.78, 5) is 22.3. The summed E-state index contributed by atoms with van der Waals surface area (Å²) in [5.74, 6) is 0.598. The molecule has 80 valence electrons. The summed E-state index contributed by atoms with van der Waals surface area (Å²) >= 11 is 0. The predicted molar refractivity (Wildman–Crippen MR) is 56.5 cm³/mol. The first-order valence-corrected chi connectivity index (χ1v) is 4.66. The van der Waals surface area contributed by atoms with Gasteiger partial charge in [0.2, 0.25) is 0 Å². The maximum atomic E-state index is 10.4. The van der Waals surface area contributed by atoms with Crippen LogP contribution in [0.5, 0.6) is 11.8 Å². The number of hydrogen-bond acceptors (Lipinski definition) is 5. The Balaban J connectivity index is 2.21. The van der Waals surface area contributed by atoms with Crippen molar-refractivity contribution in [2.24, 2.45) is 0 Å². The molecule has 0 unspecified atom stereocenters. The molecule has 0 aliphatic carbocycles. The zero-order chi connectivity index (χ0) is 11.4. The second-order valence-electron chi connectivity index (χ2n) is 3.11. The van der Waals surface area contributed by atoms with Crippen molar-refractivity contribution in [2.75, 3.05) is 0 Å². The first-order chi connectivity index (χ1) is 7.79. The van der Waals surface area contributed by atoms with E-state index in [1.807, 2.05) is 6.92 Å². The standard InChI is InChI=1S/C11H9N3O2/c1-8-10(3-2-4-12-8)16-11-13-5-9(7-15)6-14-11/h2-7H,1H3. The lowest BCUT2D eigenvalue weighted by molar-refractivity contribution is 0.112. The van der Waals surface area contributed by atoms with E-state index in [2.05, 4.69) is 15.0 Å². The molecular formula is C11H9N3O2. The van der Waals surface area contributed by atoms with Crippen LogP contribution in [0.2, 0.25) is 0 Å². The van der Waals surface area contributed by atoms with Gasteiger partial charge in [0.25, 0.3) is 0 Å². The van der Waals surface area contributed by atoms with Crippen molar-refractivity contribution in [3.63, 3.8) is 0 Å². The molecule has 16 heavy (non-hydrogen) atoms. The Morgan fingerprint density at radius 3 is 2.62 bits per heavy atom. The zero-order valence-electron chi connectivity index (χ0n) is 8.62. The van der Waals surface area contributed by atoms with Gasteiger partial charge in [0.05, 0.1) is 11.3 Å². The number of ether oxygens (including phenoxy) is 1. The molecule has 2 heterocycles. The molecule has 0 aromatic carbocycles. The molecular weight excluding hydrogens is 206 g/mol. The topological polar surface area (TPSA) is 65.0 Å². The monoisotopic (exact) mass is 215 g/mol. The highest BCUT2D eigenvalue weighted by Crippen LogP contribution is 2.19. The van der Waals surface area contributed by atoms with E-state index in [1.54, 1.807) is 18.3 Å². The molecule has 2 aromatic heterocycles. The third-order valence-corrected chi connectivity index (χ3v) is 1.94. The summed E-state index contributed by atoms with van der Waals surface area (Å²) in [7, 11) is 0. The van der Waals surface area contributed by atoms with Gasteiger partial charge in [-0.05, 0) is 19.1 Å². The quantitative estimate of drug-likeness (QED) is 0.730. The smallest absolute Gasteiger partial charge is 0.321 e. The number of aromatic nitrogens is 3. The first-order valence-electron chi connectivity index (χ1n) is 4.66. The van der Waals surface area contributed by atoms with E-state index in [-0.39, 0.29) is 6.01 Å². The van der Waals surface area contributed by atoms with E-state index < -0.39 is 0 Å². The molecule has 0 aliphatic heterocycles. The molecule has 0 radical (unpaired) electrons. The van der Waals surface area contributed by atoms with Crippen LogP contribution in [-0.2, 0) is 0 Å². The van der Waals surface area contributed by atoms with Crippen LogP contribution in [0.15, 0.2) is 30.7 Å². The lowest BCUT2D eigenvalue weighted by atomic mass is 10.3. The second kappa shape index (κ2) is 4.48. The Morgan fingerprint density at radius 2 is 2.00 bits per heavy atom. The van der Waals surface area contributed by atoms with Gasteiger partial charge in [0, 0.05) is 18.6 Å². The summed E-state index contributed by atoms with van der Waals surface area (Å²) in [5.41, 5.74) is 1.17. The average molecular weight is 215 g/mol. The summed E-state index contributed by atoms with van der Waals surface area (Å²) < 4.78 is 5.41.